The van der Waals surface area contributed by atoms with Crippen molar-refractivity contribution in [2.75, 3.05) is 21.2 Å². The molecule has 1 aliphatic heterocycles. The molecule has 7 atom stereocenters. The van der Waals surface area contributed by atoms with Crippen molar-refractivity contribution >= 4 is 32.9 Å². The van der Waals surface area contributed by atoms with Gasteiger partial charge in [0.1, 0.15) is 5.75 Å². The molecule has 5 unspecified atom stereocenters. The molecule has 3 aromatic rings. The molecule has 3 N–H and O–H groups in total. The van der Waals surface area contributed by atoms with Crippen LogP contribution in [-0.2, 0) is 21.5 Å². The van der Waals surface area contributed by atoms with Gasteiger partial charge in [0.15, 0.2) is 0 Å². The van der Waals surface area contributed by atoms with E-state index in [-0.39, 0.29) is 45.6 Å². The molecule has 1 aromatic heterocycles. The van der Waals surface area contributed by atoms with Gasteiger partial charge in [-0.1, -0.05) is 46.1 Å². The molecule has 2 aromatic carbocycles. The zero-order valence-electron chi connectivity index (χ0n) is 30.5. The average Bonchev–Trinajstić information content (AvgIpc) is 3.92. The highest BCUT2D eigenvalue weighted by molar-refractivity contribution is 7.87. The Bertz CT molecular complexity index is 2130. The topological polar surface area (TPSA) is 130 Å². The highest BCUT2D eigenvalue weighted by Crippen LogP contribution is 2.90. The molecule has 2 heterocycles. The van der Waals surface area contributed by atoms with Crippen LogP contribution in [0.1, 0.15) is 105 Å². The SMILES string of the molecule is COc1ccc2c(c1)C1CC1(C(=O)N[C@@H]1C3C(C)(C)C34CCC4(C)[C@@H]1O)Cn1c-2c(C2CCCCC2)c2ccc(C(=O)NS(=O)(=O)N(C)C)cc21. The Morgan fingerprint density at radius 3 is 2.41 bits per heavy atom. The Morgan fingerprint density at radius 2 is 1.76 bits per heavy atom. The molecule has 0 radical (unpaired) electrons. The van der Waals surface area contributed by atoms with Crippen molar-refractivity contribution in [1.82, 2.24) is 18.9 Å². The minimum absolute atomic E-state index is 0.0204. The number of amides is 2. The number of aliphatic hydroxyl groups is 1. The summed E-state index contributed by atoms with van der Waals surface area (Å²) >= 11 is 0. The van der Waals surface area contributed by atoms with Gasteiger partial charge in [-0.15, -0.1) is 0 Å². The van der Waals surface area contributed by atoms with Crippen molar-refractivity contribution < 1.29 is 27.9 Å². The first-order valence-electron chi connectivity index (χ1n) is 18.7. The van der Waals surface area contributed by atoms with Gasteiger partial charge in [0.25, 0.3) is 5.91 Å². The molecule has 5 fully saturated rings. The third-order valence-electron chi connectivity index (χ3n) is 15.0. The molecule has 9 rings (SSSR count). The highest BCUT2D eigenvalue weighted by Gasteiger charge is 2.89. The third kappa shape index (κ3) is 4.20. The Kier molecular flexibility index (Phi) is 6.95. The van der Waals surface area contributed by atoms with Gasteiger partial charge in [-0.2, -0.15) is 12.7 Å². The van der Waals surface area contributed by atoms with Gasteiger partial charge in [0.05, 0.1) is 30.4 Å². The Morgan fingerprint density at radius 1 is 1.02 bits per heavy atom. The molecular formula is C40H50N4O6S. The van der Waals surface area contributed by atoms with Crippen LogP contribution in [0.4, 0.5) is 0 Å². The van der Waals surface area contributed by atoms with Crippen molar-refractivity contribution in [2.45, 2.75) is 103 Å². The zero-order valence-corrected chi connectivity index (χ0v) is 31.3. The number of methoxy groups -OCH3 is 1. The molecule has 0 saturated heterocycles. The maximum Gasteiger partial charge on any atom is 0.303 e. The number of nitrogens with zero attached hydrogens (tertiary/aromatic N) is 2. The Hall–Kier alpha value is -3.41. The van der Waals surface area contributed by atoms with Gasteiger partial charge in [-0.3, -0.25) is 9.59 Å². The molecule has 272 valence electrons. The van der Waals surface area contributed by atoms with Crippen LogP contribution in [0.3, 0.4) is 0 Å². The Labute approximate surface area is 300 Å². The molecule has 6 aliphatic rings. The molecule has 2 amide bonds. The van der Waals surface area contributed by atoms with E-state index in [0.29, 0.717) is 18.9 Å². The van der Waals surface area contributed by atoms with E-state index in [0.717, 1.165) is 76.3 Å². The molecule has 11 heteroatoms. The fourth-order valence-electron chi connectivity index (χ4n) is 12.2. The highest BCUT2D eigenvalue weighted by atomic mass is 32.2. The van der Waals surface area contributed by atoms with E-state index in [1.807, 2.05) is 12.1 Å². The summed E-state index contributed by atoms with van der Waals surface area (Å²) in [5.74, 6) is 0.550. The monoisotopic (exact) mass is 714 g/mol. The summed E-state index contributed by atoms with van der Waals surface area (Å²) < 4.78 is 36.4. The molecular weight excluding hydrogens is 665 g/mol. The molecule has 5 aliphatic carbocycles. The van der Waals surface area contributed by atoms with Crippen molar-refractivity contribution in [3.63, 3.8) is 0 Å². The summed E-state index contributed by atoms with van der Waals surface area (Å²) in [6, 6.07) is 11.4. The first-order valence-corrected chi connectivity index (χ1v) is 20.1. The van der Waals surface area contributed by atoms with E-state index in [2.05, 4.69) is 47.5 Å². The molecule has 1 spiro atoms. The van der Waals surface area contributed by atoms with Crippen LogP contribution in [0.25, 0.3) is 22.2 Å². The number of carbonyl (C=O) groups excluding carboxylic acids is 2. The summed E-state index contributed by atoms with van der Waals surface area (Å²) in [5.41, 5.74) is 4.79. The van der Waals surface area contributed by atoms with Crippen molar-refractivity contribution in [2.24, 2.45) is 27.6 Å². The number of carbonyl (C=O) groups is 2. The Balaban J connectivity index is 1.19. The van der Waals surface area contributed by atoms with Gasteiger partial charge < -0.3 is 19.7 Å². The summed E-state index contributed by atoms with van der Waals surface area (Å²) in [4.78, 5) is 28.4. The lowest BCUT2D eigenvalue weighted by Gasteiger charge is -2.51. The number of fused-ring (bicyclic) bond motifs is 7. The number of benzene rings is 2. The first-order chi connectivity index (χ1) is 24.1. The summed E-state index contributed by atoms with van der Waals surface area (Å²) in [6.45, 7) is 7.23. The minimum Gasteiger partial charge on any atom is -0.497 e. The lowest BCUT2D eigenvalue weighted by atomic mass is 9.54. The van der Waals surface area contributed by atoms with E-state index in [1.54, 1.807) is 19.2 Å². The second kappa shape index (κ2) is 10.6. The van der Waals surface area contributed by atoms with Gasteiger partial charge in [-0.05, 0) is 96.2 Å². The van der Waals surface area contributed by atoms with E-state index >= 15 is 0 Å². The maximum atomic E-state index is 14.9. The summed E-state index contributed by atoms with van der Waals surface area (Å²) in [5, 5.41) is 16.2. The number of aromatic nitrogens is 1. The standard InChI is InChI=1S/C40H50N4O6S/c1-37(2)33-31(34(45)38(3)16-17-40(33,37)38)41-36(47)39-20-28(39)27-19-24(50-6)13-15-25(27)32-30(22-10-8-7-9-11-22)26-14-12-23(18-29(26)44(32)21-39)35(46)42-51(48,49)43(4)5/h12-15,18-19,22,28,31,33-34,45H,7-11,16-17,20-21H2,1-6H3,(H,41,47)(H,42,46)/t28?,31-,33?,34-,38?,39?,40?/m1/s1. The maximum absolute atomic E-state index is 14.9. The summed E-state index contributed by atoms with van der Waals surface area (Å²) in [7, 11) is 0.433. The smallest absolute Gasteiger partial charge is 0.303 e. The number of ether oxygens (including phenoxy) is 1. The van der Waals surface area contributed by atoms with E-state index in [4.69, 9.17) is 4.74 Å². The second-order valence-electron chi connectivity index (χ2n) is 17.5. The minimum atomic E-state index is -4.00. The third-order valence-corrected chi connectivity index (χ3v) is 16.4. The number of hydrogen-bond donors (Lipinski definition) is 3. The number of nitrogens with one attached hydrogen (secondary N) is 2. The van der Waals surface area contributed by atoms with E-state index in [9.17, 15) is 23.1 Å². The fourth-order valence-corrected chi connectivity index (χ4v) is 12.7. The van der Waals surface area contributed by atoms with Crippen LogP contribution in [0.5, 0.6) is 5.75 Å². The van der Waals surface area contributed by atoms with Gasteiger partial charge in [0, 0.05) is 54.0 Å². The van der Waals surface area contributed by atoms with Crippen LogP contribution < -0.4 is 14.8 Å². The molecule has 10 nitrogen and oxygen atoms in total. The van der Waals surface area contributed by atoms with Gasteiger partial charge in [-0.25, -0.2) is 4.72 Å². The van der Waals surface area contributed by atoms with Crippen LogP contribution in [0.2, 0.25) is 0 Å². The molecule has 0 bridgehead atoms. The first kappa shape index (κ1) is 33.4. The predicted octanol–water partition coefficient (Wildman–Crippen LogP) is 5.69. The lowest BCUT2D eigenvalue weighted by Crippen LogP contribution is -2.55. The lowest BCUT2D eigenvalue weighted by molar-refractivity contribution is -0.131. The average molecular weight is 715 g/mol. The van der Waals surface area contributed by atoms with Crippen molar-refractivity contribution in [1.29, 1.82) is 0 Å². The molecule has 5 saturated carbocycles. The second-order valence-corrected chi connectivity index (χ2v) is 19.4. The zero-order chi connectivity index (χ0) is 36.0. The van der Waals surface area contributed by atoms with Crippen LogP contribution in [0.15, 0.2) is 36.4 Å². The van der Waals surface area contributed by atoms with Crippen molar-refractivity contribution in [3.8, 4) is 17.0 Å². The number of rotatable bonds is 7. The van der Waals surface area contributed by atoms with Crippen LogP contribution in [0, 0.1) is 27.6 Å². The van der Waals surface area contributed by atoms with Gasteiger partial charge >= 0.3 is 10.2 Å². The van der Waals surface area contributed by atoms with Crippen LogP contribution >= 0.6 is 0 Å². The summed E-state index contributed by atoms with van der Waals surface area (Å²) in [6.07, 6.45) is 7.78. The van der Waals surface area contributed by atoms with Gasteiger partial charge in [0.2, 0.25) is 5.91 Å². The van der Waals surface area contributed by atoms with Crippen molar-refractivity contribution in [3.05, 3.63) is 53.1 Å². The largest absolute Gasteiger partial charge is 0.497 e. The number of hydrogen-bond acceptors (Lipinski definition) is 6. The van der Waals surface area contributed by atoms with E-state index < -0.39 is 27.6 Å². The quantitative estimate of drug-likeness (QED) is 0.289. The van der Waals surface area contributed by atoms with Crippen LogP contribution in [-0.4, -0.2) is 67.6 Å². The predicted molar refractivity (Wildman–Crippen MR) is 195 cm³/mol. The molecule has 51 heavy (non-hydrogen) atoms. The van der Waals surface area contributed by atoms with E-state index in [1.165, 1.54) is 26.1 Å². The normalized spacial score (nSPS) is 34.3. The number of aliphatic hydroxyl groups excluding tert-OH is 1. The fraction of sp³-hybridized carbons (Fsp3) is 0.600.